The zero-order valence-corrected chi connectivity index (χ0v) is 10.9. The van der Waals surface area contributed by atoms with E-state index < -0.39 is 5.41 Å². The van der Waals surface area contributed by atoms with Crippen LogP contribution in [0.4, 0.5) is 0 Å². The molecule has 7 nitrogen and oxygen atoms in total. The van der Waals surface area contributed by atoms with E-state index in [0.717, 1.165) is 12.8 Å². The first kappa shape index (κ1) is 14.1. The van der Waals surface area contributed by atoms with Gasteiger partial charge in [-0.25, -0.2) is 0 Å². The highest BCUT2D eigenvalue weighted by Gasteiger charge is 2.45. The first-order valence-corrected chi connectivity index (χ1v) is 6.63. The largest absolute Gasteiger partial charge is 0.409 e. The molecule has 0 aromatic heterocycles. The molecule has 0 atom stereocenters. The summed E-state index contributed by atoms with van der Waals surface area (Å²) >= 11 is 0. The predicted molar refractivity (Wildman–Crippen MR) is 67.9 cm³/mol. The number of amidine groups is 1. The molecule has 0 aliphatic carbocycles. The average Bonchev–Trinajstić information content (AvgIpc) is 2.48. The lowest BCUT2D eigenvalue weighted by Gasteiger charge is -2.36. The van der Waals surface area contributed by atoms with Crippen molar-refractivity contribution in [1.29, 1.82) is 0 Å². The predicted octanol–water partition coefficient (Wildman–Crippen LogP) is -0.175. The summed E-state index contributed by atoms with van der Waals surface area (Å²) < 4.78 is 10.5. The highest BCUT2D eigenvalue weighted by molar-refractivity contribution is 6.06. The minimum absolute atomic E-state index is 0.0274. The van der Waals surface area contributed by atoms with E-state index in [4.69, 9.17) is 20.4 Å². The fourth-order valence-corrected chi connectivity index (χ4v) is 2.58. The number of ether oxygens (including phenoxy) is 2. The molecular formula is C12H21N3O4. The maximum Gasteiger partial charge on any atom is 0.234 e. The molecule has 7 heteroatoms. The monoisotopic (exact) mass is 271 g/mol. The Bertz CT molecular complexity index is 347. The second-order valence-corrected chi connectivity index (χ2v) is 5.04. The van der Waals surface area contributed by atoms with Crippen LogP contribution in [-0.4, -0.2) is 49.4 Å². The number of oxime groups is 1. The summed E-state index contributed by atoms with van der Waals surface area (Å²) in [5, 5.41) is 15.0. The maximum atomic E-state index is 12.5. The molecule has 0 radical (unpaired) electrons. The molecule has 0 aromatic rings. The van der Waals surface area contributed by atoms with E-state index in [9.17, 15) is 4.79 Å². The Morgan fingerprint density at radius 2 is 1.79 bits per heavy atom. The standard InChI is InChI=1S/C12H21N3O4/c13-10(15-17)12(3-7-19-8-4-12)11(16)14-9-1-5-18-6-2-9/h9,17H,1-8H2,(H2,13,15)(H,14,16). The van der Waals surface area contributed by atoms with E-state index >= 15 is 0 Å². The van der Waals surface area contributed by atoms with E-state index in [2.05, 4.69) is 10.5 Å². The van der Waals surface area contributed by atoms with Crippen LogP contribution in [0.1, 0.15) is 25.7 Å². The first-order chi connectivity index (χ1) is 9.19. The molecule has 2 heterocycles. The molecule has 108 valence electrons. The van der Waals surface area contributed by atoms with Crippen LogP contribution in [0.15, 0.2) is 5.16 Å². The zero-order chi connectivity index (χ0) is 13.7. The molecule has 0 saturated carbocycles. The Labute approximate surface area is 112 Å². The van der Waals surface area contributed by atoms with Gasteiger partial charge in [-0.1, -0.05) is 5.16 Å². The summed E-state index contributed by atoms with van der Waals surface area (Å²) in [5.74, 6) is -0.196. The first-order valence-electron chi connectivity index (χ1n) is 6.63. The molecular weight excluding hydrogens is 250 g/mol. The van der Waals surface area contributed by atoms with Gasteiger partial charge in [0.1, 0.15) is 5.41 Å². The van der Waals surface area contributed by atoms with Crippen LogP contribution >= 0.6 is 0 Å². The second kappa shape index (κ2) is 6.21. The van der Waals surface area contributed by atoms with Crippen molar-refractivity contribution in [2.75, 3.05) is 26.4 Å². The fourth-order valence-electron chi connectivity index (χ4n) is 2.58. The lowest BCUT2D eigenvalue weighted by Crippen LogP contribution is -2.55. The Morgan fingerprint density at radius 3 is 2.37 bits per heavy atom. The van der Waals surface area contributed by atoms with Gasteiger partial charge in [0.25, 0.3) is 0 Å². The van der Waals surface area contributed by atoms with E-state index in [0.29, 0.717) is 39.3 Å². The average molecular weight is 271 g/mol. The van der Waals surface area contributed by atoms with Crippen molar-refractivity contribution < 1.29 is 19.5 Å². The van der Waals surface area contributed by atoms with Crippen molar-refractivity contribution >= 4 is 11.7 Å². The molecule has 1 amide bonds. The summed E-state index contributed by atoms with van der Waals surface area (Å²) in [6.07, 6.45) is 2.48. The number of nitrogens with one attached hydrogen (secondary N) is 1. The van der Waals surface area contributed by atoms with Crippen LogP contribution in [0.2, 0.25) is 0 Å². The summed E-state index contributed by atoms with van der Waals surface area (Å²) in [6.45, 7) is 2.20. The molecule has 0 unspecified atom stereocenters. The lowest BCUT2D eigenvalue weighted by atomic mass is 9.77. The van der Waals surface area contributed by atoms with Gasteiger partial charge in [-0.3, -0.25) is 4.79 Å². The van der Waals surface area contributed by atoms with Crippen LogP contribution in [-0.2, 0) is 14.3 Å². The summed E-state index contributed by atoms with van der Waals surface area (Å²) in [4.78, 5) is 12.5. The third-order valence-electron chi connectivity index (χ3n) is 3.94. The van der Waals surface area contributed by atoms with Crippen LogP contribution < -0.4 is 11.1 Å². The topological polar surface area (TPSA) is 106 Å². The van der Waals surface area contributed by atoms with Gasteiger partial charge in [0.2, 0.25) is 5.91 Å². The van der Waals surface area contributed by atoms with Gasteiger partial charge in [-0.2, -0.15) is 0 Å². The quantitative estimate of drug-likeness (QED) is 0.286. The van der Waals surface area contributed by atoms with E-state index in [1.807, 2.05) is 0 Å². The fraction of sp³-hybridized carbons (Fsp3) is 0.833. The van der Waals surface area contributed by atoms with Crippen molar-refractivity contribution in [2.45, 2.75) is 31.7 Å². The summed E-state index contributed by atoms with van der Waals surface area (Å²) in [5.41, 5.74) is 4.81. The van der Waals surface area contributed by atoms with Crippen LogP contribution in [0.5, 0.6) is 0 Å². The Morgan fingerprint density at radius 1 is 1.21 bits per heavy atom. The minimum Gasteiger partial charge on any atom is -0.409 e. The van der Waals surface area contributed by atoms with Gasteiger partial charge in [0.05, 0.1) is 0 Å². The molecule has 2 saturated heterocycles. The summed E-state index contributed by atoms with van der Waals surface area (Å²) in [7, 11) is 0. The van der Waals surface area contributed by atoms with Crippen molar-refractivity contribution in [1.82, 2.24) is 5.32 Å². The van der Waals surface area contributed by atoms with Gasteiger partial charge in [-0.15, -0.1) is 0 Å². The van der Waals surface area contributed by atoms with Crippen LogP contribution in [0.3, 0.4) is 0 Å². The zero-order valence-electron chi connectivity index (χ0n) is 10.9. The molecule has 19 heavy (non-hydrogen) atoms. The molecule has 0 spiro atoms. The van der Waals surface area contributed by atoms with E-state index in [1.54, 1.807) is 0 Å². The SMILES string of the molecule is NC(=NO)C1(C(=O)NC2CCOCC2)CCOCC1. The highest BCUT2D eigenvalue weighted by Crippen LogP contribution is 2.31. The maximum absolute atomic E-state index is 12.5. The molecule has 2 rings (SSSR count). The third kappa shape index (κ3) is 2.98. The number of nitrogens with two attached hydrogens (primary N) is 1. The van der Waals surface area contributed by atoms with Crippen molar-refractivity contribution in [3.05, 3.63) is 0 Å². The smallest absolute Gasteiger partial charge is 0.234 e. The van der Waals surface area contributed by atoms with Crippen molar-refractivity contribution in [2.24, 2.45) is 16.3 Å². The number of nitrogens with zero attached hydrogens (tertiary/aromatic N) is 1. The number of hydrogen-bond donors (Lipinski definition) is 3. The summed E-state index contributed by atoms with van der Waals surface area (Å²) in [6, 6.07) is 0.104. The minimum atomic E-state index is -0.939. The number of hydrogen-bond acceptors (Lipinski definition) is 5. The van der Waals surface area contributed by atoms with Gasteiger partial charge < -0.3 is 25.7 Å². The Hall–Kier alpha value is -1.34. The van der Waals surface area contributed by atoms with Crippen molar-refractivity contribution in [3.8, 4) is 0 Å². The highest BCUT2D eigenvalue weighted by atomic mass is 16.5. The van der Waals surface area contributed by atoms with Gasteiger partial charge in [-0.05, 0) is 25.7 Å². The molecule has 2 fully saturated rings. The number of amides is 1. The third-order valence-corrected chi connectivity index (χ3v) is 3.94. The molecule has 0 bridgehead atoms. The normalized spacial score (nSPS) is 24.9. The molecule has 0 aromatic carbocycles. The molecule has 2 aliphatic heterocycles. The Kier molecular flexibility index (Phi) is 4.60. The van der Waals surface area contributed by atoms with Gasteiger partial charge in [0, 0.05) is 32.5 Å². The van der Waals surface area contributed by atoms with Crippen molar-refractivity contribution in [3.63, 3.8) is 0 Å². The lowest BCUT2D eigenvalue weighted by molar-refractivity contribution is -0.133. The molecule has 2 aliphatic rings. The van der Waals surface area contributed by atoms with Crippen LogP contribution in [0.25, 0.3) is 0 Å². The second-order valence-electron chi connectivity index (χ2n) is 5.04. The van der Waals surface area contributed by atoms with E-state index in [-0.39, 0.29) is 17.8 Å². The number of rotatable bonds is 3. The number of carbonyl (C=O) groups is 1. The van der Waals surface area contributed by atoms with Gasteiger partial charge in [0.15, 0.2) is 5.84 Å². The van der Waals surface area contributed by atoms with Gasteiger partial charge >= 0.3 is 0 Å². The van der Waals surface area contributed by atoms with Crippen LogP contribution in [0, 0.1) is 5.41 Å². The Balaban J connectivity index is 2.06. The number of carbonyl (C=O) groups excluding carboxylic acids is 1. The van der Waals surface area contributed by atoms with E-state index in [1.165, 1.54) is 0 Å². The molecule has 4 N–H and O–H groups in total.